The van der Waals surface area contributed by atoms with Gasteiger partial charge < -0.3 is 15.5 Å². The lowest BCUT2D eigenvalue weighted by atomic mass is 9.82. The highest BCUT2D eigenvalue weighted by atomic mass is 16.2. The van der Waals surface area contributed by atoms with E-state index in [-0.39, 0.29) is 24.9 Å². The Morgan fingerprint density at radius 2 is 1.86 bits per heavy atom. The quantitative estimate of drug-likeness (QED) is 0.713. The predicted octanol–water partition coefficient (Wildman–Crippen LogP) is 1.90. The molecule has 1 spiro atoms. The van der Waals surface area contributed by atoms with Gasteiger partial charge in [-0.1, -0.05) is 44.4 Å². The van der Waals surface area contributed by atoms with E-state index in [4.69, 9.17) is 0 Å². The van der Waals surface area contributed by atoms with Crippen LogP contribution in [-0.4, -0.2) is 59.2 Å². The fraction of sp³-hybridized carbons (Fsp3) is 0.524. The molecule has 156 valence electrons. The molecule has 0 atom stereocenters. The molecule has 3 rings (SSSR count). The maximum absolute atomic E-state index is 12.8. The summed E-state index contributed by atoms with van der Waals surface area (Å²) in [5.41, 5.74) is 0.872. The molecule has 0 unspecified atom stereocenters. The summed E-state index contributed by atoms with van der Waals surface area (Å²) in [7, 11) is 1.49. The average molecular weight is 400 g/mol. The van der Waals surface area contributed by atoms with E-state index >= 15 is 0 Å². The van der Waals surface area contributed by atoms with E-state index in [0.717, 1.165) is 36.1 Å². The minimum absolute atomic E-state index is 0.161. The summed E-state index contributed by atoms with van der Waals surface area (Å²) in [5.74, 6) is -1.12. The van der Waals surface area contributed by atoms with Gasteiger partial charge in [0.2, 0.25) is 11.8 Å². The number of carbonyl (C=O) groups is 4. The molecule has 2 aliphatic rings. The Hall–Kier alpha value is -2.90. The second-order valence-electron chi connectivity index (χ2n) is 7.77. The number of hydrogen-bond donors (Lipinski definition) is 2. The van der Waals surface area contributed by atoms with Crippen molar-refractivity contribution in [3.63, 3.8) is 0 Å². The Labute approximate surface area is 170 Å². The van der Waals surface area contributed by atoms with Crippen molar-refractivity contribution in [2.75, 3.05) is 25.5 Å². The number of imide groups is 1. The molecule has 1 saturated carbocycles. The topological polar surface area (TPSA) is 98.8 Å². The van der Waals surface area contributed by atoms with Crippen LogP contribution in [0, 0.1) is 0 Å². The predicted molar refractivity (Wildman–Crippen MR) is 108 cm³/mol. The largest absolute Gasteiger partial charge is 0.335 e. The molecule has 0 radical (unpaired) electrons. The molecule has 1 aromatic rings. The van der Waals surface area contributed by atoms with Crippen molar-refractivity contribution >= 4 is 29.4 Å². The van der Waals surface area contributed by atoms with Crippen molar-refractivity contribution in [2.24, 2.45) is 0 Å². The molecular formula is C21H28N4O4. The van der Waals surface area contributed by atoms with Crippen molar-refractivity contribution < 1.29 is 19.2 Å². The van der Waals surface area contributed by atoms with Gasteiger partial charge in [0.25, 0.3) is 5.91 Å². The molecule has 5 amide bonds. The summed E-state index contributed by atoms with van der Waals surface area (Å²) in [6.45, 7) is 1.48. The van der Waals surface area contributed by atoms with E-state index < -0.39 is 17.5 Å². The van der Waals surface area contributed by atoms with Gasteiger partial charge in [0.05, 0.1) is 6.54 Å². The lowest BCUT2D eigenvalue weighted by molar-refractivity contribution is -0.139. The zero-order chi connectivity index (χ0) is 21.0. The van der Waals surface area contributed by atoms with Crippen LogP contribution in [0.4, 0.5) is 10.5 Å². The third kappa shape index (κ3) is 4.41. The first kappa shape index (κ1) is 20.8. The van der Waals surface area contributed by atoms with Gasteiger partial charge in [-0.25, -0.2) is 4.79 Å². The monoisotopic (exact) mass is 400 g/mol. The molecule has 1 aliphatic heterocycles. The Morgan fingerprint density at radius 1 is 1.17 bits per heavy atom. The molecule has 8 nitrogen and oxygen atoms in total. The molecule has 1 saturated heterocycles. The normalized spacial score (nSPS) is 17.9. The van der Waals surface area contributed by atoms with E-state index in [1.54, 1.807) is 0 Å². The van der Waals surface area contributed by atoms with Gasteiger partial charge in [-0.15, -0.1) is 0 Å². The Balaban J connectivity index is 1.57. The summed E-state index contributed by atoms with van der Waals surface area (Å²) in [6, 6.07) is 6.96. The van der Waals surface area contributed by atoms with Gasteiger partial charge in [-0.2, -0.15) is 0 Å². The summed E-state index contributed by atoms with van der Waals surface area (Å²) in [6.07, 6.45) is 4.80. The number of amides is 5. The molecule has 8 heteroatoms. The zero-order valence-electron chi connectivity index (χ0n) is 17.0. The van der Waals surface area contributed by atoms with E-state index in [0.29, 0.717) is 18.5 Å². The number of likely N-dealkylation sites (N-methyl/N-ethyl adjacent to an activating group) is 1. The first-order valence-electron chi connectivity index (χ1n) is 10.1. The molecule has 1 aromatic carbocycles. The van der Waals surface area contributed by atoms with E-state index in [1.165, 1.54) is 11.9 Å². The summed E-state index contributed by atoms with van der Waals surface area (Å²) in [5, 5.41) is 5.60. The highest BCUT2D eigenvalue weighted by Crippen LogP contribution is 2.33. The van der Waals surface area contributed by atoms with E-state index in [2.05, 4.69) is 10.6 Å². The van der Waals surface area contributed by atoms with E-state index in [1.807, 2.05) is 31.2 Å². The molecule has 0 bridgehead atoms. The van der Waals surface area contributed by atoms with Crippen molar-refractivity contribution in [1.29, 1.82) is 0 Å². The molecule has 2 N–H and O–H groups in total. The van der Waals surface area contributed by atoms with Gasteiger partial charge in [0.1, 0.15) is 12.1 Å². The van der Waals surface area contributed by atoms with Crippen LogP contribution in [0.2, 0.25) is 0 Å². The smallest absolute Gasteiger partial charge is 0.325 e. The van der Waals surface area contributed by atoms with Crippen LogP contribution < -0.4 is 10.6 Å². The van der Waals surface area contributed by atoms with Gasteiger partial charge in [-0.05, 0) is 30.9 Å². The van der Waals surface area contributed by atoms with Crippen molar-refractivity contribution in [2.45, 2.75) is 51.0 Å². The molecule has 0 aromatic heterocycles. The Kier molecular flexibility index (Phi) is 6.20. The number of hydrogen-bond acceptors (Lipinski definition) is 4. The lowest BCUT2D eigenvalue weighted by Crippen LogP contribution is -2.49. The van der Waals surface area contributed by atoms with Gasteiger partial charge in [0.15, 0.2) is 0 Å². The lowest BCUT2D eigenvalue weighted by Gasteiger charge is -2.30. The van der Waals surface area contributed by atoms with Crippen LogP contribution in [0.3, 0.4) is 0 Å². The van der Waals surface area contributed by atoms with Crippen molar-refractivity contribution in [3.8, 4) is 0 Å². The number of aryl methyl sites for hydroxylation is 1. The molecule has 2 fully saturated rings. The average Bonchev–Trinajstić information content (AvgIpc) is 2.92. The fourth-order valence-electron chi connectivity index (χ4n) is 4.01. The van der Waals surface area contributed by atoms with Crippen LogP contribution in [0.1, 0.15) is 44.6 Å². The van der Waals surface area contributed by atoms with Crippen LogP contribution in [0.15, 0.2) is 24.3 Å². The number of nitrogens with zero attached hydrogens (tertiary/aromatic N) is 2. The van der Waals surface area contributed by atoms with Crippen LogP contribution in [0.25, 0.3) is 0 Å². The van der Waals surface area contributed by atoms with Gasteiger partial charge >= 0.3 is 6.03 Å². The summed E-state index contributed by atoms with van der Waals surface area (Å²) >= 11 is 0. The summed E-state index contributed by atoms with van der Waals surface area (Å²) < 4.78 is 0. The maximum Gasteiger partial charge on any atom is 0.325 e. The number of urea groups is 1. The standard InChI is InChI=1S/C21H28N4O4/c1-3-15-9-5-6-10-16(15)22-17(26)13-24(2)18(27)14-25-19(28)21(23-20(25)29)11-7-4-8-12-21/h5-6,9-10H,3-4,7-8,11-14H2,1-2H3,(H,22,26)(H,23,29). The highest BCUT2D eigenvalue weighted by Gasteiger charge is 2.51. The fourth-order valence-corrected chi connectivity index (χ4v) is 4.01. The van der Waals surface area contributed by atoms with Crippen LogP contribution in [-0.2, 0) is 20.8 Å². The molecular weight excluding hydrogens is 372 g/mol. The number of rotatable bonds is 6. The highest BCUT2D eigenvalue weighted by molar-refractivity contribution is 6.09. The second-order valence-corrected chi connectivity index (χ2v) is 7.77. The number of para-hydroxylation sites is 1. The van der Waals surface area contributed by atoms with E-state index in [9.17, 15) is 19.2 Å². The molecule has 1 aliphatic carbocycles. The number of benzene rings is 1. The number of carbonyl (C=O) groups excluding carboxylic acids is 4. The van der Waals surface area contributed by atoms with Crippen molar-refractivity contribution in [3.05, 3.63) is 29.8 Å². The Morgan fingerprint density at radius 3 is 2.55 bits per heavy atom. The number of nitrogens with one attached hydrogen (secondary N) is 2. The first-order valence-corrected chi connectivity index (χ1v) is 10.1. The minimum Gasteiger partial charge on any atom is -0.335 e. The zero-order valence-corrected chi connectivity index (χ0v) is 17.0. The summed E-state index contributed by atoms with van der Waals surface area (Å²) in [4.78, 5) is 52.2. The molecule has 1 heterocycles. The third-order valence-corrected chi connectivity index (χ3v) is 5.73. The number of anilines is 1. The first-order chi connectivity index (χ1) is 13.9. The van der Waals surface area contributed by atoms with Crippen molar-refractivity contribution in [1.82, 2.24) is 15.1 Å². The maximum atomic E-state index is 12.8. The van der Waals surface area contributed by atoms with Gasteiger partial charge in [-0.3, -0.25) is 19.3 Å². The minimum atomic E-state index is -0.852. The van der Waals surface area contributed by atoms with Gasteiger partial charge in [0, 0.05) is 12.7 Å². The van der Waals surface area contributed by atoms with Crippen LogP contribution in [0.5, 0.6) is 0 Å². The SMILES string of the molecule is CCc1ccccc1NC(=O)CN(C)C(=O)CN1C(=O)NC2(CCCCC2)C1=O. The van der Waals surface area contributed by atoms with Crippen LogP contribution >= 0.6 is 0 Å². The Bertz CT molecular complexity index is 817. The molecule has 29 heavy (non-hydrogen) atoms. The second kappa shape index (κ2) is 8.63. The third-order valence-electron chi connectivity index (χ3n) is 5.73.